The molecule has 0 radical (unpaired) electrons. The van der Waals surface area contributed by atoms with E-state index >= 15 is 0 Å². The molecule has 1 atom stereocenters. The number of fused-ring (bicyclic) bond motifs is 4. The molecule has 1 aliphatic heterocycles. The average molecular weight is 240 g/mol. The predicted octanol–water partition coefficient (Wildman–Crippen LogP) is 3.65. The Morgan fingerprint density at radius 3 is 1.82 bits per heavy atom. The minimum absolute atomic E-state index is 0.239. The van der Waals surface area contributed by atoms with Crippen LogP contribution < -0.4 is 5.30 Å². The van der Waals surface area contributed by atoms with Crippen molar-refractivity contribution in [2.45, 2.75) is 48.8 Å². The van der Waals surface area contributed by atoms with E-state index in [1.165, 1.54) is 0 Å². The highest BCUT2D eigenvalue weighted by molar-refractivity contribution is 7.78. The Bertz CT molecular complexity index is 528. The summed E-state index contributed by atoms with van der Waals surface area (Å²) in [6.45, 7) is 0. The summed E-state index contributed by atoms with van der Waals surface area (Å²) in [6, 6.07) is 11.6. The minimum Gasteiger partial charge on any atom is -0.0622 e. The van der Waals surface area contributed by atoms with Crippen LogP contribution in [0.1, 0.15) is 38.5 Å². The molecule has 86 valence electrons. The van der Waals surface area contributed by atoms with Gasteiger partial charge in [-0.05, 0) is 54.7 Å². The number of rotatable bonds is 1. The van der Waals surface area contributed by atoms with Crippen LogP contribution in [0.25, 0.3) is 0 Å². The second-order valence-corrected chi connectivity index (χ2v) is 9.79. The third-order valence-corrected chi connectivity index (χ3v) is 11.0. The van der Waals surface area contributed by atoms with Crippen LogP contribution in [0.5, 0.6) is 0 Å². The zero-order valence-corrected chi connectivity index (χ0v) is 11.0. The molecule has 5 fully saturated rings. The first-order chi connectivity index (χ1) is 8.35. The molecule has 0 nitrogen and oxygen atoms in total. The largest absolute Gasteiger partial charge is 0.0622 e. The van der Waals surface area contributed by atoms with Gasteiger partial charge in [0.05, 0.1) is 0 Å². The maximum absolute atomic E-state index is 2.44. The van der Waals surface area contributed by atoms with Crippen molar-refractivity contribution in [2.75, 3.05) is 0 Å². The third kappa shape index (κ3) is 0.584. The number of hydrogen-bond acceptors (Lipinski definition) is 0. The Hall–Kier alpha value is -0.350. The normalized spacial score (nSPS) is 40.8. The summed E-state index contributed by atoms with van der Waals surface area (Å²) in [5, 5.41) is 3.54. The zero-order valence-electron chi connectivity index (χ0n) is 10.1. The van der Waals surface area contributed by atoms with Gasteiger partial charge in [-0.2, -0.15) is 0 Å². The Morgan fingerprint density at radius 1 is 0.765 bits per heavy atom. The second-order valence-electron chi connectivity index (χ2n) is 7.08. The van der Waals surface area contributed by atoms with Gasteiger partial charge < -0.3 is 0 Å². The van der Waals surface area contributed by atoms with Crippen LogP contribution in [-0.4, -0.2) is 10.3 Å². The highest BCUT2D eigenvalue weighted by Gasteiger charge is 3.11. The molecular formula is C16H17P. The molecule has 17 heavy (non-hydrogen) atoms. The van der Waals surface area contributed by atoms with Gasteiger partial charge in [-0.1, -0.05) is 38.3 Å². The molecule has 1 aromatic carbocycles. The van der Waals surface area contributed by atoms with E-state index in [0.29, 0.717) is 0 Å². The van der Waals surface area contributed by atoms with Crippen molar-refractivity contribution in [1.29, 1.82) is 0 Å². The van der Waals surface area contributed by atoms with Crippen LogP contribution in [0.15, 0.2) is 30.3 Å². The lowest BCUT2D eigenvalue weighted by molar-refractivity contribution is 0.716. The molecular weight excluding hydrogens is 223 g/mol. The van der Waals surface area contributed by atoms with Gasteiger partial charge in [0.15, 0.2) is 0 Å². The van der Waals surface area contributed by atoms with Crippen LogP contribution >= 0.6 is 7.92 Å². The Morgan fingerprint density at radius 2 is 1.35 bits per heavy atom. The van der Waals surface area contributed by atoms with Gasteiger partial charge in [0.25, 0.3) is 0 Å². The fourth-order valence-corrected chi connectivity index (χ4v) is 11.5. The lowest BCUT2D eigenvalue weighted by atomic mass is 10.2. The van der Waals surface area contributed by atoms with E-state index in [4.69, 9.17) is 0 Å². The Kier molecular flexibility index (Phi) is 1.04. The molecule has 0 N–H and O–H groups in total. The van der Waals surface area contributed by atoms with Crippen molar-refractivity contribution in [2.24, 2.45) is 10.8 Å². The molecule has 5 aliphatic rings. The monoisotopic (exact) mass is 240 g/mol. The van der Waals surface area contributed by atoms with Crippen molar-refractivity contribution in [3.63, 3.8) is 0 Å². The standard InChI is InChI=1S/C16H17P/c1-2-4-12(5-3-1)17-15(10-11-15)16(17)13(6-7-13)14(16)8-9-14/h1-5H,6-11H2. The zero-order chi connectivity index (χ0) is 10.9. The molecule has 4 saturated carbocycles. The fraction of sp³-hybridized carbons (Fsp3) is 0.625. The van der Waals surface area contributed by atoms with Gasteiger partial charge in [0.1, 0.15) is 0 Å². The first kappa shape index (κ1) is 8.70. The SMILES string of the molecule is c1ccc(P2C3(CC3)C23C2(CC2)C32CC2)cc1. The van der Waals surface area contributed by atoms with E-state index in [9.17, 15) is 0 Å². The summed E-state index contributed by atoms with van der Waals surface area (Å²) < 4.78 is 0. The van der Waals surface area contributed by atoms with E-state index in [1.54, 1.807) is 43.8 Å². The maximum atomic E-state index is 2.44. The van der Waals surface area contributed by atoms with E-state index in [2.05, 4.69) is 30.3 Å². The summed E-state index contributed by atoms with van der Waals surface area (Å²) >= 11 is 0. The molecule has 0 aromatic heterocycles. The van der Waals surface area contributed by atoms with Crippen molar-refractivity contribution in [1.82, 2.24) is 0 Å². The van der Waals surface area contributed by atoms with Crippen molar-refractivity contribution in [3.05, 3.63) is 30.3 Å². The summed E-state index contributed by atoms with van der Waals surface area (Å²) in [7, 11) is 0.239. The molecule has 6 rings (SSSR count). The van der Waals surface area contributed by atoms with Crippen LogP contribution in [0.3, 0.4) is 0 Å². The molecule has 4 aliphatic carbocycles. The lowest BCUT2D eigenvalue weighted by Gasteiger charge is -1.98. The Labute approximate surface area is 104 Å². The summed E-state index contributed by atoms with van der Waals surface area (Å²) in [5.74, 6) is 0. The van der Waals surface area contributed by atoms with Crippen molar-refractivity contribution in [3.8, 4) is 0 Å². The highest BCUT2D eigenvalue weighted by atomic mass is 31.1. The van der Waals surface area contributed by atoms with Crippen molar-refractivity contribution < 1.29 is 0 Å². The molecule has 1 saturated heterocycles. The highest BCUT2D eigenvalue weighted by Crippen LogP contribution is 3.18. The summed E-state index contributed by atoms with van der Waals surface area (Å²) in [4.78, 5) is 0. The molecule has 4 spiro atoms. The van der Waals surface area contributed by atoms with Gasteiger partial charge >= 0.3 is 0 Å². The van der Waals surface area contributed by atoms with Gasteiger partial charge in [-0.25, -0.2) is 0 Å². The molecule has 0 amide bonds. The van der Waals surface area contributed by atoms with E-state index in [1.807, 2.05) is 0 Å². The first-order valence-electron chi connectivity index (χ1n) is 7.20. The van der Waals surface area contributed by atoms with Gasteiger partial charge in [0, 0.05) is 10.3 Å². The first-order valence-corrected chi connectivity index (χ1v) is 8.54. The summed E-state index contributed by atoms with van der Waals surface area (Å²) in [6.07, 6.45) is 9.55. The van der Waals surface area contributed by atoms with Crippen LogP contribution in [-0.2, 0) is 0 Å². The fourth-order valence-electron chi connectivity index (χ4n) is 6.25. The van der Waals surface area contributed by atoms with Crippen molar-refractivity contribution >= 4 is 13.2 Å². The maximum Gasteiger partial charge on any atom is 0.0173 e. The van der Waals surface area contributed by atoms with E-state index in [0.717, 1.165) is 21.1 Å². The molecule has 0 bridgehead atoms. The predicted molar refractivity (Wildman–Crippen MR) is 71.0 cm³/mol. The topological polar surface area (TPSA) is 0 Å². The molecule has 1 aromatic rings. The molecule has 1 heterocycles. The van der Waals surface area contributed by atoms with E-state index < -0.39 is 0 Å². The van der Waals surface area contributed by atoms with Gasteiger partial charge in [-0.15, -0.1) is 0 Å². The lowest BCUT2D eigenvalue weighted by Crippen LogP contribution is -1.98. The van der Waals surface area contributed by atoms with Gasteiger partial charge in [-0.3, -0.25) is 0 Å². The Balaban J connectivity index is 1.55. The molecule has 1 unspecified atom stereocenters. The van der Waals surface area contributed by atoms with Gasteiger partial charge in [0.2, 0.25) is 0 Å². The summed E-state index contributed by atoms with van der Waals surface area (Å²) in [5.41, 5.74) is 1.83. The smallest absolute Gasteiger partial charge is 0.0173 e. The number of benzene rings is 1. The average Bonchev–Trinajstić information content (AvgIpc) is 3.16. The second kappa shape index (κ2) is 2.03. The quantitative estimate of drug-likeness (QED) is 0.657. The number of hydrogen-bond donors (Lipinski definition) is 0. The minimum atomic E-state index is 0.239. The van der Waals surface area contributed by atoms with Crippen LogP contribution in [0.2, 0.25) is 0 Å². The van der Waals surface area contributed by atoms with Crippen LogP contribution in [0.4, 0.5) is 0 Å². The van der Waals surface area contributed by atoms with E-state index in [-0.39, 0.29) is 7.92 Å². The third-order valence-electron chi connectivity index (χ3n) is 6.86. The molecule has 1 heteroatoms. The van der Waals surface area contributed by atoms with Crippen LogP contribution in [0, 0.1) is 10.8 Å².